The van der Waals surface area contributed by atoms with E-state index in [1.807, 2.05) is 30.5 Å². The first kappa shape index (κ1) is 12.8. The summed E-state index contributed by atoms with van der Waals surface area (Å²) < 4.78 is 0. The maximum absolute atomic E-state index is 5.87. The second kappa shape index (κ2) is 5.31. The molecule has 0 atom stereocenters. The van der Waals surface area contributed by atoms with Crippen molar-refractivity contribution in [3.05, 3.63) is 30.5 Å². The number of aromatic nitrogens is 2. The van der Waals surface area contributed by atoms with Crippen LogP contribution in [0.15, 0.2) is 30.5 Å². The summed E-state index contributed by atoms with van der Waals surface area (Å²) in [6.45, 7) is 4.84. The lowest BCUT2D eigenvalue weighted by Gasteiger charge is -2.31. The van der Waals surface area contributed by atoms with Gasteiger partial charge < -0.3 is 11.1 Å². The molecule has 0 fully saturated rings. The minimum atomic E-state index is -0.109. The molecule has 0 radical (unpaired) electrons. The van der Waals surface area contributed by atoms with Crippen molar-refractivity contribution in [1.29, 1.82) is 0 Å². The van der Waals surface area contributed by atoms with Gasteiger partial charge in [-0.2, -0.15) is 0 Å². The molecule has 0 spiro atoms. The lowest BCUT2D eigenvalue weighted by molar-refractivity contribution is 0.442. The summed E-state index contributed by atoms with van der Waals surface area (Å²) in [4.78, 5) is 8.88. The molecule has 1 heterocycles. The summed E-state index contributed by atoms with van der Waals surface area (Å²) in [6.07, 6.45) is 3.75. The number of nitrogens with zero attached hydrogens (tertiary/aromatic N) is 2. The summed E-state index contributed by atoms with van der Waals surface area (Å²) in [5, 5.41) is 4.44. The van der Waals surface area contributed by atoms with E-state index in [0.29, 0.717) is 12.5 Å². The standard InChI is InChI=1S/C14H20N4/c1-3-14(4-2,10-15)18-13-16-9-11-7-5-6-8-12(11)17-13/h5-9H,3-4,10,15H2,1-2H3,(H,16,17,18). The van der Waals surface area contributed by atoms with E-state index in [9.17, 15) is 0 Å². The number of nitrogens with two attached hydrogens (primary N) is 1. The Hall–Kier alpha value is -1.68. The number of anilines is 1. The SMILES string of the molecule is CCC(CC)(CN)Nc1ncc2ccccc2n1. The molecule has 0 aliphatic rings. The summed E-state index contributed by atoms with van der Waals surface area (Å²) in [5.74, 6) is 0.655. The van der Waals surface area contributed by atoms with E-state index in [0.717, 1.165) is 23.7 Å². The van der Waals surface area contributed by atoms with Crippen molar-refractivity contribution in [3.63, 3.8) is 0 Å². The zero-order valence-corrected chi connectivity index (χ0v) is 11.0. The predicted octanol–water partition coefficient (Wildman–Crippen LogP) is 2.56. The summed E-state index contributed by atoms with van der Waals surface area (Å²) in [5.41, 5.74) is 6.71. The summed E-state index contributed by atoms with van der Waals surface area (Å²) >= 11 is 0. The van der Waals surface area contributed by atoms with Crippen molar-refractivity contribution < 1.29 is 0 Å². The molecule has 0 unspecified atom stereocenters. The molecule has 4 heteroatoms. The van der Waals surface area contributed by atoms with Crippen molar-refractivity contribution in [2.24, 2.45) is 5.73 Å². The van der Waals surface area contributed by atoms with Gasteiger partial charge in [-0.05, 0) is 18.9 Å². The molecule has 0 saturated heterocycles. The zero-order valence-electron chi connectivity index (χ0n) is 11.0. The number of para-hydroxylation sites is 1. The van der Waals surface area contributed by atoms with E-state index in [1.54, 1.807) is 0 Å². The highest BCUT2D eigenvalue weighted by molar-refractivity contribution is 5.78. The number of benzene rings is 1. The van der Waals surface area contributed by atoms with E-state index in [1.165, 1.54) is 0 Å². The fraction of sp³-hybridized carbons (Fsp3) is 0.429. The molecule has 0 bridgehead atoms. The van der Waals surface area contributed by atoms with Crippen LogP contribution in [0.25, 0.3) is 10.9 Å². The Morgan fingerprint density at radius 1 is 1.22 bits per heavy atom. The highest BCUT2D eigenvalue weighted by Crippen LogP contribution is 2.20. The minimum absolute atomic E-state index is 0.109. The van der Waals surface area contributed by atoms with Gasteiger partial charge in [-0.3, -0.25) is 0 Å². The molecule has 4 nitrogen and oxygen atoms in total. The van der Waals surface area contributed by atoms with Gasteiger partial charge in [0.25, 0.3) is 0 Å². The van der Waals surface area contributed by atoms with Crippen LogP contribution in [0, 0.1) is 0 Å². The summed E-state index contributed by atoms with van der Waals surface area (Å²) in [6, 6.07) is 7.97. The minimum Gasteiger partial charge on any atom is -0.348 e. The van der Waals surface area contributed by atoms with Crippen LogP contribution >= 0.6 is 0 Å². The molecule has 96 valence electrons. The molecule has 18 heavy (non-hydrogen) atoms. The zero-order chi connectivity index (χ0) is 13.0. The first-order chi connectivity index (χ1) is 8.73. The average Bonchev–Trinajstić information content (AvgIpc) is 2.45. The van der Waals surface area contributed by atoms with Gasteiger partial charge in [0.15, 0.2) is 0 Å². The summed E-state index contributed by atoms with van der Waals surface area (Å²) in [7, 11) is 0. The van der Waals surface area contributed by atoms with Gasteiger partial charge in [-0.1, -0.05) is 32.0 Å². The van der Waals surface area contributed by atoms with E-state index in [4.69, 9.17) is 5.73 Å². The third kappa shape index (κ3) is 2.43. The van der Waals surface area contributed by atoms with Crippen molar-refractivity contribution in [2.75, 3.05) is 11.9 Å². The second-order valence-corrected chi connectivity index (χ2v) is 4.57. The first-order valence-electron chi connectivity index (χ1n) is 6.43. The molecular formula is C14H20N4. The van der Waals surface area contributed by atoms with Gasteiger partial charge in [-0.15, -0.1) is 0 Å². The molecule has 0 amide bonds. The van der Waals surface area contributed by atoms with Gasteiger partial charge in [0.2, 0.25) is 5.95 Å². The third-order valence-electron chi connectivity index (χ3n) is 3.61. The molecule has 0 aliphatic carbocycles. The smallest absolute Gasteiger partial charge is 0.223 e. The number of fused-ring (bicyclic) bond motifs is 1. The number of hydrogen-bond acceptors (Lipinski definition) is 4. The molecule has 2 aromatic rings. The monoisotopic (exact) mass is 244 g/mol. The molecule has 0 saturated carbocycles. The van der Waals surface area contributed by atoms with Gasteiger partial charge in [0.05, 0.1) is 11.1 Å². The highest BCUT2D eigenvalue weighted by Gasteiger charge is 2.24. The fourth-order valence-electron chi connectivity index (χ4n) is 2.04. The van der Waals surface area contributed by atoms with Gasteiger partial charge in [0.1, 0.15) is 0 Å². The molecule has 3 N–H and O–H groups in total. The Kier molecular flexibility index (Phi) is 3.77. The van der Waals surface area contributed by atoms with Crippen LogP contribution in [0.1, 0.15) is 26.7 Å². The van der Waals surface area contributed by atoms with Crippen LogP contribution in [0.5, 0.6) is 0 Å². The van der Waals surface area contributed by atoms with E-state index >= 15 is 0 Å². The second-order valence-electron chi connectivity index (χ2n) is 4.57. The molecular weight excluding hydrogens is 224 g/mol. The number of rotatable bonds is 5. The van der Waals surface area contributed by atoms with Crippen molar-refractivity contribution in [1.82, 2.24) is 9.97 Å². The topological polar surface area (TPSA) is 63.8 Å². The molecule has 0 aliphatic heterocycles. The van der Waals surface area contributed by atoms with Crippen LogP contribution in [0.3, 0.4) is 0 Å². The third-order valence-corrected chi connectivity index (χ3v) is 3.61. The van der Waals surface area contributed by atoms with Crippen LogP contribution in [-0.4, -0.2) is 22.1 Å². The Morgan fingerprint density at radius 2 is 1.94 bits per heavy atom. The normalized spacial score (nSPS) is 11.7. The quantitative estimate of drug-likeness (QED) is 0.848. The van der Waals surface area contributed by atoms with E-state index in [-0.39, 0.29) is 5.54 Å². The molecule has 2 rings (SSSR count). The van der Waals surface area contributed by atoms with Gasteiger partial charge in [-0.25, -0.2) is 9.97 Å². The van der Waals surface area contributed by atoms with E-state index in [2.05, 4.69) is 29.1 Å². The van der Waals surface area contributed by atoms with Crippen LogP contribution < -0.4 is 11.1 Å². The van der Waals surface area contributed by atoms with Crippen molar-refractivity contribution in [3.8, 4) is 0 Å². The maximum atomic E-state index is 5.87. The number of nitrogens with one attached hydrogen (secondary N) is 1. The Balaban J connectivity index is 2.31. The van der Waals surface area contributed by atoms with Crippen molar-refractivity contribution in [2.45, 2.75) is 32.2 Å². The molecule has 1 aromatic carbocycles. The first-order valence-corrected chi connectivity index (χ1v) is 6.43. The fourth-order valence-corrected chi connectivity index (χ4v) is 2.04. The van der Waals surface area contributed by atoms with Gasteiger partial charge >= 0.3 is 0 Å². The Morgan fingerprint density at radius 3 is 2.61 bits per heavy atom. The van der Waals surface area contributed by atoms with Gasteiger partial charge in [0, 0.05) is 18.1 Å². The Labute approximate surface area is 108 Å². The largest absolute Gasteiger partial charge is 0.348 e. The lowest BCUT2D eigenvalue weighted by Crippen LogP contribution is -2.44. The van der Waals surface area contributed by atoms with E-state index < -0.39 is 0 Å². The van der Waals surface area contributed by atoms with Crippen LogP contribution in [0.2, 0.25) is 0 Å². The Bertz CT molecular complexity index is 512. The average molecular weight is 244 g/mol. The number of hydrogen-bond donors (Lipinski definition) is 2. The molecule has 1 aromatic heterocycles. The van der Waals surface area contributed by atoms with Crippen LogP contribution in [0.4, 0.5) is 5.95 Å². The van der Waals surface area contributed by atoms with Crippen LogP contribution in [-0.2, 0) is 0 Å². The lowest BCUT2D eigenvalue weighted by atomic mass is 9.93. The highest BCUT2D eigenvalue weighted by atomic mass is 15.1. The predicted molar refractivity (Wildman–Crippen MR) is 75.5 cm³/mol. The van der Waals surface area contributed by atoms with Crippen molar-refractivity contribution >= 4 is 16.9 Å². The maximum Gasteiger partial charge on any atom is 0.223 e.